The van der Waals surface area contributed by atoms with Crippen molar-refractivity contribution in [2.24, 2.45) is 5.73 Å². The van der Waals surface area contributed by atoms with Crippen molar-refractivity contribution in [2.75, 3.05) is 6.61 Å². The summed E-state index contributed by atoms with van der Waals surface area (Å²) in [6.07, 6.45) is 4.17. The summed E-state index contributed by atoms with van der Waals surface area (Å²) in [5, 5.41) is 0. The van der Waals surface area contributed by atoms with Crippen LogP contribution < -0.4 is 10.5 Å². The fourth-order valence-corrected chi connectivity index (χ4v) is 2.62. The Bertz CT molecular complexity index is 393. The molecule has 0 unspecified atom stereocenters. The molecule has 1 heterocycles. The predicted octanol–water partition coefficient (Wildman–Crippen LogP) is 2.22. The number of hydrogen-bond donors (Lipinski definition) is 1. The molecule has 0 aliphatic carbocycles. The van der Waals surface area contributed by atoms with Gasteiger partial charge in [-0.05, 0) is 6.42 Å². The molecule has 0 amide bonds. The molecule has 0 aromatic carbocycles. The second-order valence-corrected chi connectivity index (χ2v) is 11.2. The molecule has 6 heteroatoms. The molecule has 0 radical (unpaired) electrons. The van der Waals surface area contributed by atoms with E-state index in [0.717, 1.165) is 6.42 Å². The summed E-state index contributed by atoms with van der Waals surface area (Å²) < 4.78 is 5.53. The lowest BCUT2D eigenvalue weighted by molar-refractivity contribution is 0.303. The van der Waals surface area contributed by atoms with Gasteiger partial charge in [0.05, 0.1) is 19.0 Å². The van der Waals surface area contributed by atoms with Gasteiger partial charge >= 0.3 is 0 Å². The fourth-order valence-electron chi connectivity index (χ4n) is 1.32. The lowest BCUT2D eigenvalue weighted by Crippen LogP contribution is -2.20. The van der Waals surface area contributed by atoms with Gasteiger partial charge in [0.1, 0.15) is 10.7 Å². The van der Waals surface area contributed by atoms with Crippen LogP contribution in [-0.2, 0) is 0 Å². The number of rotatable bonds is 6. The Labute approximate surface area is 109 Å². The number of nitrogens with zero attached hydrogens (tertiary/aromatic N) is 2. The smallest absolute Gasteiger partial charge is 0.232 e. The Morgan fingerprint density at radius 1 is 1.41 bits per heavy atom. The minimum Gasteiger partial charge on any atom is -0.477 e. The van der Waals surface area contributed by atoms with Crippen LogP contribution in [0.5, 0.6) is 5.88 Å². The highest BCUT2D eigenvalue weighted by atomic mass is 32.1. The average molecular weight is 269 g/mol. The van der Waals surface area contributed by atoms with E-state index in [1.54, 1.807) is 6.20 Å². The van der Waals surface area contributed by atoms with Crippen molar-refractivity contribution in [3.05, 3.63) is 18.1 Å². The second-order valence-electron chi connectivity index (χ2n) is 5.12. The van der Waals surface area contributed by atoms with E-state index in [9.17, 15) is 0 Å². The minimum atomic E-state index is -0.981. The maximum atomic E-state index is 5.53. The zero-order chi connectivity index (χ0) is 12.9. The molecule has 2 N–H and O–H groups in total. The molecule has 0 saturated heterocycles. The molecule has 1 rings (SSSR count). The Balaban J connectivity index is 2.42. The highest BCUT2D eigenvalue weighted by Crippen LogP contribution is 2.12. The molecule has 0 atom stereocenters. The molecule has 0 bridgehead atoms. The van der Waals surface area contributed by atoms with Gasteiger partial charge in [0, 0.05) is 8.07 Å². The first kappa shape index (κ1) is 14.0. The van der Waals surface area contributed by atoms with Crippen LogP contribution in [0.4, 0.5) is 0 Å². The first-order valence-corrected chi connectivity index (χ1v) is 9.75. The van der Waals surface area contributed by atoms with Gasteiger partial charge in [-0.2, -0.15) is 0 Å². The summed E-state index contributed by atoms with van der Waals surface area (Å²) in [7, 11) is -0.981. The van der Waals surface area contributed by atoms with Crippen LogP contribution in [0.3, 0.4) is 0 Å². The highest BCUT2D eigenvalue weighted by Gasteiger charge is 2.12. The molecule has 0 spiro atoms. The van der Waals surface area contributed by atoms with Crippen molar-refractivity contribution in [1.82, 2.24) is 9.97 Å². The molecular formula is C11H19N3OSSi. The molecule has 17 heavy (non-hydrogen) atoms. The van der Waals surface area contributed by atoms with E-state index in [1.165, 1.54) is 12.2 Å². The third-order valence-corrected chi connectivity index (χ3v) is 4.25. The Hall–Kier alpha value is -1.01. The van der Waals surface area contributed by atoms with E-state index in [0.29, 0.717) is 18.2 Å². The van der Waals surface area contributed by atoms with Crippen LogP contribution >= 0.6 is 12.2 Å². The zero-order valence-corrected chi connectivity index (χ0v) is 12.4. The van der Waals surface area contributed by atoms with Crippen LogP contribution in [0.1, 0.15) is 12.1 Å². The van der Waals surface area contributed by atoms with Crippen molar-refractivity contribution in [3.8, 4) is 5.88 Å². The molecule has 0 aliphatic rings. The normalized spacial score (nSPS) is 11.2. The number of nitrogens with two attached hydrogens (primary N) is 1. The first-order valence-electron chi connectivity index (χ1n) is 5.63. The third-order valence-electron chi connectivity index (χ3n) is 2.19. The summed E-state index contributed by atoms with van der Waals surface area (Å²) in [5.74, 6) is 0.492. The van der Waals surface area contributed by atoms with E-state index in [4.69, 9.17) is 22.7 Å². The molecular weight excluding hydrogens is 250 g/mol. The van der Waals surface area contributed by atoms with Crippen molar-refractivity contribution >= 4 is 25.3 Å². The number of thiocarbonyl (C=S) groups is 1. The quantitative estimate of drug-likeness (QED) is 0.487. The molecule has 1 aromatic heterocycles. The topological polar surface area (TPSA) is 61.0 Å². The standard InChI is InChI=1S/C11H19N3OSSi/c1-17(2,3)6-4-5-15-10-8-13-7-9(14-10)11(12)16/h7-8H,4-6H2,1-3H3,(H2,12,16). The number of aromatic nitrogens is 2. The van der Waals surface area contributed by atoms with Gasteiger partial charge in [-0.25, -0.2) is 4.98 Å². The minimum absolute atomic E-state index is 0.241. The van der Waals surface area contributed by atoms with Crippen LogP contribution in [0.15, 0.2) is 12.4 Å². The van der Waals surface area contributed by atoms with E-state index < -0.39 is 8.07 Å². The molecule has 0 fully saturated rings. The molecule has 1 aromatic rings. The largest absolute Gasteiger partial charge is 0.477 e. The maximum absolute atomic E-state index is 5.53. The van der Waals surface area contributed by atoms with Crippen molar-refractivity contribution in [3.63, 3.8) is 0 Å². The molecule has 0 aliphatic heterocycles. The third kappa shape index (κ3) is 5.74. The van der Waals surface area contributed by atoms with Crippen LogP contribution in [0.2, 0.25) is 25.7 Å². The van der Waals surface area contributed by atoms with Gasteiger partial charge in [-0.3, -0.25) is 4.98 Å². The van der Waals surface area contributed by atoms with Gasteiger partial charge < -0.3 is 10.5 Å². The van der Waals surface area contributed by atoms with Gasteiger partial charge in [-0.1, -0.05) is 37.9 Å². The van der Waals surface area contributed by atoms with Crippen molar-refractivity contribution < 1.29 is 4.74 Å². The van der Waals surface area contributed by atoms with Crippen molar-refractivity contribution in [1.29, 1.82) is 0 Å². The van der Waals surface area contributed by atoms with E-state index >= 15 is 0 Å². The summed E-state index contributed by atoms with van der Waals surface area (Å²) >= 11 is 4.83. The Morgan fingerprint density at radius 3 is 2.71 bits per heavy atom. The second kappa shape index (κ2) is 6.06. The lowest BCUT2D eigenvalue weighted by atomic mass is 10.4. The summed E-state index contributed by atoms with van der Waals surface area (Å²) in [4.78, 5) is 8.39. The maximum Gasteiger partial charge on any atom is 0.232 e. The number of ether oxygens (including phenoxy) is 1. The summed E-state index contributed by atoms with van der Waals surface area (Å²) in [5.41, 5.74) is 5.98. The summed E-state index contributed by atoms with van der Waals surface area (Å²) in [6, 6.07) is 1.25. The highest BCUT2D eigenvalue weighted by molar-refractivity contribution is 7.80. The zero-order valence-electron chi connectivity index (χ0n) is 10.6. The monoisotopic (exact) mass is 269 g/mol. The Morgan fingerprint density at radius 2 is 2.12 bits per heavy atom. The van der Waals surface area contributed by atoms with E-state index in [-0.39, 0.29) is 4.99 Å². The lowest BCUT2D eigenvalue weighted by Gasteiger charge is -2.15. The van der Waals surface area contributed by atoms with Crippen molar-refractivity contribution in [2.45, 2.75) is 32.1 Å². The van der Waals surface area contributed by atoms with Gasteiger partial charge in [0.2, 0.25) is 5.88 Å². The summed E-state index contributed by atoms with van der Waals surface area (Å²) in [6.45, 7) is 7.71. The van der Waals surface area contributed by atoms with Crippen LogP contribution in [0, 0.1) is 0 Å². The SMILES string of the molecule is C[Si](C)(C)CCCOc1cncc(C(N)=S)n1. The van der Waals surface area contributed by atoms with Crippen LogP contribution in [-0.4, -0.2) is 29.6 Å². The average Bonchev–Trinajstić information content (AvgIpc) is 2.23. The van der Waals surface area contributed by atoms with E-state index in [2.05, 4.69) is 29.6 Å². The number of hydrogen-bond acceptors (Lipinski definition) is 4. The molecule has 0 saturated carbocycles. The first-order chi connectivity index (χ1) is 7.88. The van der Waals surface area contributed by atoms with E-state index in [1.807, 2.05) is 0 Å². The molecule has 4 nitrogen and oxygen atoms in total. The Kier molecular flexibility index (Phi) is 5.01. The van der Waals surface area contributed by atoms with Crippen LogP contribution in [0.25, 0.3) is 0 Å². The van der Waals surface area contributed by atoms with Gasteiger partial charge in [0.25, 0.3) is 0 Å². The molecule has 94 valence electrons. The predicted molar refractivity (Wildman–Crippen MR) is 76.2 cm³/mol. The van der Waals surface area contributed by atoms with Gasteiger partial charge in [-0.15, -0.1) is 0 Å². The van der Waals surface area contributed by atoms with Gasteiger partial charge in [0.15, 0.2) is 0 Å². The fraction of sp³-hybridized carbons (Fsp3) is 0.545.